The SMILES string of the molecule is Cc1ccc(N2C(=O)C(=O)/C(=C(/O)c3ccccc3)[C@H]2c2ccc([N+](=O)[O-])cc2)cc1Cl. The van der Waals surface area contributed by atoms with Crippen molar-refractivity contribution in [3.05, 3.63) is 110 Å². The third kappa shape index (κ3) is 3.63. The molecule has 1 aliphatic heterocycles. The molecule has 0 unspecified atom stereocenters. The number of anilines is 1. The van der Waals surface area contributed by atoms with Gasteiger partial charge in [0.2, 0.25) is 0 Å². The number of nitro groups is 1. The summed E-state index contributed by atoms with van der Waals surface area (Å²) in [4.78, 5) is 37.9. The highest BCUT2D eigenvalue weighted by molar-refractivity contribution is 6.51. The summed E-state index contributed by atoms with van der Waals surface area (Å²) in [6.07, 6.45) is 0. The molecule has 0 spiro atoms. The Labute approximate surface area is 188 Å². The zero-order chi connectivity index (χ0) is 23.0. The van der Waals surface area contributed by atoms with Gasteiger partial charge in [0.05, 0.1) is 16.5 Å². The van der Waals surface area contributed by atoms with Crippen LogP contribution in [-0.2, 0) is 9.59 Å². The van der Waals surface area contributed by atoms with Crippen LogP contribution in [0.15, 0.2) is 78.4 Å². The maximum absolute atomic E-state index is 13.1. The van der Waals surface area contributed by atoms with Crippen molar-refractivity contribution < 1.29 is 19.6 Å². The van der Waals surface area contributed by atoms with Gasteiger partial charge in [-0.3, -0.25) is 24.6 Å². The smallest absolute Gasteiger partial charge is 0.300 e. The van der Waals surface area contributed by atoms with Gasteiger partial charge < -0.3 is 5.11 Å². The lowest BCUT2D eigenvalue weighted by molar-refractivity contribution is -0.384. The normalized spacial score (nSPS) is 17.6. The minimum atomic E-state index is -0.991. The van der Waals surface area contributed by atoms with Gasteiger partial charge in [-0.15, -0.1) is 0 Å². The molecule has 3 aromatic rings. The first-order chi connectivity index (χ1) is 15.3. The molecular formula is C24H17ClN2O5. The van der Waals surface area contributed by atoms with E-state index in [9.17, 15) is 24.8 Å². The van der Waals surface area contributed by atoms with Crippen molar-refractivity contribution in [1.29, 1.82) is 0 Å². The van der Waals surface area contributed by atoms with Crippen LogP contribution in [0.4, 0.5) is 11.4 Å². The number of carbonyl (C=O) groups excluding carboxylic acids is 2. The van der Waals surface area contributed by atoms with E-state index in [1.165, 1.54) is 29.2 Å². The van der Waals surface area contributed by atoms with Gasteiger partial charge >= 0.3 is 0 Å². The highest BCUT2D eigenvalue weighted by atomic mass is 35.5. The van der Waals surface area contributed by atoms with Gasteiger partial charge in [0, 0.05) is 28.4 Å². The second kappa shape index (κ2) is 8.28. The number of benzene rings is 3. The molecule has 1 amide bonds. The Morgan fingerprint density at radius 1 is 1.03 bits per heavy atom. The number of ketones is 1. The summed E-state index contributed by atoms with van der Waals surface area (Å²) in [5.74, 6) is -2.01. The molecule has 0 saturated carbocycles. The molecule has 0 radical (unpaired) electrons. The number of rotatable bonds is 4. The van der Waals surface area contributed by atoms with Crippen LogP contribution in [0, 0.1) is 17.0 Å². The number of halogens is 1. The number of non-ortho nitro benzene ring substituents is 1. The third-order valence-electron chi connectivity index (χ3n) is 5.34. The highest BCUT2D eigenvalue weighted by Gasteiger charge is 2.47. The van der Waals surface area contributed by atoms with Crippen molar-refractivity contribution in [2.24, 2.45) is 0 Å². The summed E-state index contributed by atoms with van der Waals surface area (Å²) in [5.41, 5.74) is 1.74. The second-order valence-corrected chi connectivity index (χ2v) is 7.72. The quantitative estimate of drug-likeness (QED) is 0.195. The number of carbonyl (C=O) groups is 2. The Bertz CT molecular complexity index is 1270. The molecule has 0 aromatic heterocycles. The van der Waals surface area contributed by atoms with Crippen LogP contribution >= 0.6 is 11.6 Å². The second-order valence-electron chi connectivity index (χ2n) is 7.32. The van der Waals surface area contributed by atoms with E-state index in [1.54, 1.807) is 48.5 Å². The Balaban J connectivity index is 1.94. The van der Waals surface area contributed by atoms with Crippen LogP contribution in [0.3, 0.4) is 0 Å². The van der Waals surface area contributed by atoms with Gasteiger partial charge in [-0.25, -0.2) is 0 Å². The van der Waals surface area contributed by atoms with Gasteiger partial charge in [0.25, 0.3) is 17.4 Å². The Kier molecular flexibility index (Phi) is 5.50. The fourth-order valence-corrected chi connectivity index (χ4v) is 3.85. The Morgan fingerprint density at radius 2 is 1.69 bits per heavy atom. The first-order valence-electron chi connectivity index (χ1n) is 9.66. The molecule has 1 fully saturated rings. The molecule has 0 aliphatic carbocycles. The zero-order valence-electron chi connectivity index (χ0n) is 16.9. The topological polar surface area (TPSA) is 101 Å². The van der Waals surface area contributed by atoms with E-state index in [2.05, 4.69) is 0 Å². The number of hydrogen-bond acceptors (Lipinski definition) is 5. The Morgan fingerprint density at radius 3 is 2.28 bits per heavy atom. The molecule has 0 bridgehead atoms. The number of aliphatic hydroxyl groups excluding tert-OH is 1. The van der Waals surface area contributed by atoms with Gasteiger partial charge in [-0.05, 0) is 42.3 Å². The lowest BCUT2D eigenvalue weighted by atomic mass is 9.95. The van der Waals surface area contributed by atoms with Crippen LogP contribution < -0.4 is 4.90 Å². The lowest BCUT2D eigenvalue weighted by Gasteiger charge is -2.25. The fourth-order valence-electron chi connectivity index (χ4n) is 3.68. The summed E-state index contributed by atoms with van der Waals surface area (Å²) in [6.45, 7) is 1.81. The third-order valence-corrected chi connectivity index (χ3v) is 5.75. The average Bonchev–Trinajstić information content (AvgIpc) is 3.06. The van der Waals surface area contributed by atoms with Gasteiger partial charge in [0.1, 0.15) is 5.76 Å². The summed E-state index contributed by atoms with van der Waals surface area (Å²) >= 11 is 6.26. The van der Waals surface area contributed by atoms with Crippen molar-refractivity contribution in [3.8, 4) is 0 Å². The highest BCUT2D eigenvalue weighted by Crippen LogP contribution is 2.43. The van der Waals surface area contributed by atoms with Crippen LogP contribution in [-0.4, -0.2) is 21.7 Å². The number of aryl methyl sites for hydroxylation is 1. The van der Waals surface area contributed by atoms with Crippen molar-refractivity contribution in [2.75, 3.05) is 4.90 Å². The molecular weight excluding hydrogens is 432 g/mol. The molecule has 1 aliphatic rings. The van der Waals surface area contributed by atoms with E-state index in [1.807, 2.05) is 6.92 Å². The first-order valence-corrected chi connectivity index (χ1v) is 10.0. The number of nitro benzene ring substituents is 1. The lowest BCUT2D eigenvalue weighted by Crippen LogP contribution is -2.29. The predicted octanol–water partition coefficient (Wildman–Crippen LogP) is 5.18. The van der Waals surface area contributed by atoms with Crippen molar-refractivity contribution in [1.82, 2.24) is 0 Å². The van der Waals surface area contributed by atoms with E-state index in [4.69, 9.17) is 11.6 Å². The summed E-state index contributed by atoms with van der Waals surface area (Å²) in [6, 6.07) is 17.9. The van der Waals surface area contributed by atoms with E-state index in [0.717, 1.165) is 5.56 Å². The molecule has 4 rings (SSSR count). The number of hydrogen-bond donors (Lipinski definition) is 1. The summed E-state index contributed by atoms with van der Waals surface area (Å²) in [5, 5.41) is 22.5. The molecule has 3 aromatic carbocycles. The predicted molar refractivity (Wildman–Crippen MR) is 121 cm³/mol. The largest absolute Gasteiger partial charge is 0.507 e. The van der Waals surface area contributed by atoms with E-state index < -0.39 is 22.7 Å². The minimum absolute atomic E-state index is 0.105. The van der Waals surface area contributed by atoms with Crippen LogP contribution in [0.2, 0.25) is 5.02 Å². The first kappa shape index (κ1) is 21.3. The molecule has 1 N–H and O–H groups in total. The van der Waals surface area contributed by atoms with Crippen LogP contribution in [0.25, 0.3) is 5.76 Å². The van der Waals surface area contributed by atoms with E-state index in [0.29, 0.717) is 21.8 Å². The van der Waals surface area contributed by atoms with Gasteiger partial charge in [-0.1, -0.05) is 48.0 Å². The number of amides is 1. The number of aliphatic hydroxyl groups is 1. The molecule has 1 heterocycles. The Hall–Kier alpha value is -3.97. The van der Waals surface area contributed by atoms with Gasteiger partial charge in [-0.2, -0.15) is 0 Å². The molecule has 32 heavy (non-hydrogen) atoms. The van der Waals surface area contributed by atoms with Crippen molar-refractivity contribution in [2.45, 2.75) is 13.0 Å². The molecule has 160 valence electrons. The summed E-state index contributed by atoms with van der Waals surface area (Å²) in [7, 11) is 0. The van der Waals surface area contributed by atoms with Crippen LogP contribution in [0.1, 0.15) is 22.7 Å². The van der Waals surface area contributed by atoms with Crippen molar-refractivity contribution >= 4 is 40.4 Å². The molecule has 1 atom stereocenters. The minimum Gasteiger partial charge on any atom is -0.507 e. The summed E-state index contributed by atoms with van der Waals surface area (Å²) < 4.78 is 0. The number of nitrogens with zero attached hydrogens (tertiary/aromatic N) is 2. The number of Topliss-reactive ketones (excluding diaryl/α,β-unsaturated/α-hetero) is 1. The molecule has 1 saturated heterocycles. The maximum Gasteiger partial charge on any atom is 0.300 e. The van der Waals surface area contributed by atoms with E-state index in [-0.39, 0.29) is 17.0 Å². The monoisotopic (exact) mass is 448 g/mol. The fraction of sp³-hybridized carbons (Fsp3) is 0.0833. The molecule has 7 nitrogen and oxygen atoms in total. The van der Waals surface area contributed by atoms with Crippen molar-refractivity contribution in [3.63, 3.8) is 0 Å². The average molecular weight is 449 g/mol. The van der Waals surface area contributed by atoms with Crippen LogP contribution in [0.5, 0.6) is 0 Å². The molecule has 8 heteroatoms. The standard InChI is InChI=1S/C24H17ClN2O5/c1-14-7-10-18(13-19(14)25)26-21(15-8-11-17(12-9-15)27(31)32)20(23(29)24(26)30)22(28)16-5-3-2-4-6-16/h2-13,21,28H,1H3/b22-20+/t21-/m1/s1. The maximum atomic E-state index is 13.1. The van der Waals surface area contributed by atoms with Gasteiger partial charge in [0.15, 0.2) is 0 Å². The zero-order valence-corrected chi connectivity index (χ0v) is 17.6. The van der Waals surface area contributed by atoms with E-state index >= 15 is 0 Å².